The second kappa shape index (κ2) is 6.53. The highest BCUT2D eigenvalue weighted by Gasteiger charge is 2.14. The Morgan fingerprint density at radius 1 is 1.33 bits per heavy atom. The van der Waals surface area contributed by atoms with Crippen molar-refractivity contribution in [3.05, 3.63) is 35.9 Å². The SMILES string of the molecule is CN(CCS(C)(=O)=O)CC(C#N)c1ccccc1. The molecule has 1 aromatic rings. The smallest absolute Gasteiger partial charge is 0.148 e. The lowest BCUT2D eigenvalue weighted by Crippen LogP contribution is -2.29. The molecule has 1 aromatic carbocycles. The van der Waals surface area contributed by atoms with E-state index < -0.39 is 9.84 Å². The second-order valence-electron chi connectivity index (χ2n) is 4.48. The van der Waals surface area contributed by atoms with Crippen molar-refractivity contribution in [3.63, 3.8) is 0 Å². The highest BCUT2D eigenvalue weighted by Crippen LogP contribution is 2.15. The fourth-order valence-electron chi connectivity index (χ4n) is 1.63. The van der Waals surface area contributed by atoms with Gasteiger partial charge in [0.25, 0.3) is 0 Å². The molecule has 0 aliphatic heterocycles. The Morgan fingerprint density at radius 3 is 2.44 bits per heavy atom. The summed E-state index contributed by atoms with van der Waals surface area (Å²) in [6.45, 7) is 0.986. The molecule has 0 heterocycles. The Bertz CT molecular complexity index is 506. The summed E-state index contributed by atoms with van der Waals surface area (Å²) in [4.78, 5) is 1.88. The Morgan fingerprint density at radius 2 is 1.94 bits per heavy atom. The molecule has 98 valence electrons. The van der Waals surface area contributed by atoms with E-state index in [0.29, 0.717) is 13.1 Å². The van der Waals surface area contributed by atoms with Crippen LogP contribution in [-0.4, -0.2) is 45.5 Å². The van der Waals surface area contributed by atoms with Crippen LogP contribution in [0.5, 0.6) is 0 Å². The average molecular weight is 266 g/mol. The van der Waals surface area contributed by atoms with Crippen LogP contribution in [0.1, 0.15) is 11.5 Å². The van der Waals surface area contributed by atoms with Crippen LogP contribution in [0.3, 0.4) is 0 Å². The number of rotatable bonds is 6. The van der Waals surface area contributed by atoms with Crippen LogP contribution in [0.4, 0.5) is 0 Å². The predicted octanol–water partition coefficient (Wildman–Crippen LogP) is 1.27. The maximum Gasteiger partial charge on any atom is 0.148 e. The first-order valence-corrected chi connectivity index (χ1v) is 7.79. The molecule has 5 heteroatoms. The molecule has 0 spiro atoms. The number of nitrogens with zero attached hydrogens (tertiary/aromatic N) is 2. The number of nitriles is 1. The van der Waals surface area contributed by atoms with Gasteiger partial charge in [-0.25, -0.2) is 8.42 Å². The molecule has 4 nitrogen and oxygen atoms in total. The first-order chi connectivity index (χ1) is 8.42. The summed E-state index contributed by atoms with van der Waals surface area (Å²) in [5.74, 6) is -0.105. The lowest BCUT2D eigenvalue weighted by Gasteiger charge is -2.19. The van der Waals surface area contributed by atoms with Gasteiger partial charge in [0.15, 0.2) is 0 Å². The largest absolute Gasteiger partial charge is 0.304 e. The number of benzene rings is 1. The topological polar surface area (TPSA) is 61.2 Å². The first kappa shape index (κ1) is 14.7. The number of sulfone groups is 1. The van der Waals surface area contributed by atoms with Gasteiger partial charge >= 0.3 is 0 Å². The van der Waals surface area contributed by atoms with Crippen molar-refractivity contribution in [1.82, 2.24) is 4.90 Å². The molecule has 0 N–H and O–H groups in total. The van der Waals surface area contributed by atoms with Crippen molar-refractivity contribution in [2.75, 3.05) is 32.1 Å². The quantitative estimate of drug-likeness (QED) is 0.778. The van der Waals surface area contributed by atoms with Crippen molar-refractivity contribution in [1.29, 1.82) is 5.26 Å². The zero-order valence-corrected chi connectivity index (χ0v) is 11.5. The summed E-state index contributed by atoms with van der Waals surface area (Å²) in [6, 6.07) is 11.8. The fourth-order valence-corrected chi connectivity index (χ4v) is 2.27. The molecule has 0 aliphatic carbocycles. The molecule has 0 amide bonds. The molecule has 0 fully saturated rings. The monoisotopic (exact) mass is 266 g/mol. The van der Waals surface area contributed by atoms with Crippen molar-refractivity contribution in [2.45, 2.75) is 5.92 Å². The molecule has 0 aliphatic rings. The van der Waals surface area contributed by atoms with E-state index in [1.54, 1.807) is 0 Å². The Hall–Kier alpha value is -1.38. The molecule has 18 heavy (non-hydrogen) atoms. The highest BCUT2D eigenvalue weighted by atomic mass is 32.2. The summed E-state index contributed by atoms with van der Waals surface area (Å²) in [7, 11) is -1.12. The van der Waals surface area contributed by atoms with Crippen molar-refractivity contribution in [2.24, 2.45) is 0 Å². The van der Waals surface area contributed by atoms with Gasteiger partial charge in [-0.2, -0.15) is 5.26 Å². The number of hydrogen-bond acceptors (Lipinski definition) is 4. The zero-order chi connectivity index (χ0) is 13.6. The average Bonchev–Trinajstić information content (AvgIpc) is 2.33. The minimum absolute atomic E-state index is 0.121. The van der Waals surface area contributed by atoms with Crippen LogP contribution in [-0.2, 0) is 9.84 Å². The highest BCUT2D eigenvalue weighted by molar-refractivity contribution is 7.90. The standard InChI is InChI=1S/C13H18N2O2S/c1-15(8-9-18(2,16)17)11-13(10-14)12-6-4-3-5-7-12/h3-7,13H,8-9,11H2,1-2H3. The molecule has 0 radical (unpaired) electrons. The van der Waals surface area contributed by atoms with E-state index in [-0.39, 0.29) is 11.7 Å². The molecule has 1 atom stereocenters. The van der Waals surface area contributed by atoms with Crippen molar-refractivity contribution >= 4 is 9.84 Å². The van der Waals surface area contributed by atoms with Gasteiger partial charge in [-0.1, -0.05) is 30.3 Å². The van der Waals surface area contributed by atoms with Gasteiger partial charge in [0.1, 0.15) is 9.84 Å². The molecule has 0 saturated carbocycles. The molecule has 0 saturated heterocycles. The third kappa shape index (κ3) is 5.30. The zero-order valence-electron chi connectivity index (χ0n) is 10.7. The molecular formula is C13H18N2O2S. The van der Waals surface area contributed by atoms with Crippen LogP contribution in [0.25, 0.3) is 0 Å². The fraction of sp³-hybridized carbons (Fsp3) is 0.462. The predicted molar refractivity (Wildman–Crippen MR) is 72.0 cm³/mol. The summed E-state index contributed by atoms with van der Waals surface area (Å²) < 4.78 is 22.1. The van der Waals surface area contributed by atoms with Crippen LogP contribution in [0.15, 0.2) is 30.3 Å². The summed E-state index contributed by atoms with van der Waals surface area (Å²) >= 11 is 0. The van der Waals surface area contributed by atoms with Gasteiger partial charge in [-0.05, 0) is 12.6 Å². The van der Waals surface area contributed by atoms with Crippen molar-refractivity contribution < 1.29 is 8.42 Å². The number of likely N-dealkylation sites (N-methyl/N-ethyl adjacent to an activating group) is 1. The minimum Gasteiger partial charge on any atom is -0.304 e. The summed E-state index contributed by atoms with van der Waals surface area (Å²) in [5.41, 5.74) is 0.964. The van der Waals surface area contributed by atoms with Crippen LogP contribution in [0, 0.1) is 11.3 Å². The second-order valence-corrected chi connectivity index (χ2v) is 6.74. The Kier molecular flexibility index (Phi) is 5.32. The maximum atomic E-state index is 11.1. The van der Waals surface area contributed by atoms with Gasteiger partial charge in [0, 0.05) is 19.3 Å². The van der Waals surface area contributed by atoms with Gasteiger partial charge in [0.05, 0.1) is 17.7 Å². The van der Waals surface area contributed by atoms with Crippen LogP contribution < -0.4 is 0 Å². The normalized spacial score (nSPS) is 13.2. The van der Waals surface area contributed by atoms with Gasteiger partial charge in [-0.3, -0.25) is 0 Å². The van der Waals surface area contributed by atoms with Crippen LogP contribution >= 0.6 is 0 Å². The van der Waals surface area contributed by atoms with Gasteiger partial charge in [0.2, 0.25) is 0 Å². The van der Waals surface area contributed by atoms with E-state index in [2.05, 4.69) is 6.07 Å². The Labute approximate surface area is 109 Å². The van der Waals surface area contributed by atoms with Crippen LogP contribution in [0.2, 0.25) is 0 Å². The van der Waals surface area contributed by atoms with Gasteiger partial charge in [-0.15, -0.1) is 0 Å². The maximum absolute atomic E-state index is 11.1. The minimum atomic E-state index is -2.95. The van der Waals surface area contributed by atoms with E-state index >= 15 is 0 Å². The third-order valence-electron chi connectivity index (χ3n) is 2.70. The van der Waals surface area contributed by atoms with E-state index in [1.807, 2.05) is 42.3 Å². The molecule has 0 bridgehead atoms. The lowest BCUT2D eigenvalue weighted by molar-refractivity contribution is 0.346. The van der Waals surface area contributed by atoms with E-state index in [0.717, 1.165) is 5.56 Å². The van der Waals surface area contributed by atoms with E-state index in [1.165, 1.54) is 6.26 Å². The van der Waals surface area contributed by atoms with E-state index in [9.17, 15) is 8.42 Å². The number of hydrogen-bond donors (Lipinski definition) is 0. The molecular weight excluding hydrogens is 248 g/mol. The van der Waals surface area contributed by atoms with E-state index in [4.69, 9.17) is 5.26 Å². The lowest BCUT2D eigenvalue weighted by atomic mass is 10.0. The third-order valence-corrected chi connectivity index (χ3v) is 3.62. The molecule has 0 aromatic heterocycles. The molecule has 1 rings (SSSR count). The summed E-state index contributed by atoms with van der Waals surface area (Å²) in [6.07, 6.45) is 1.22. The van der Waals surface area contributed by atoms with Gasteiger partial charge < -0.3 is 4.90 Å². The summed E-state index contributed by atoms with van der Waals surface area (Å²) in [5, 5.41) is 9.16. The molecule has 1 unspecified atom stereocenters. The Balaban J connectivity index is 2.57. The van der Waals surface area contributed by atoms with Crippen molar-refractivity contribution in [3.8, 4) is 6.07 Å². The first-order valence-electron chi connectivity index (χ1n) is 5.73.